The van der Waals surface area contributed by atoms with Crippen LogP contribution in [0.4, 0.5) is 5.95 Å². The molecule has 0 spiro atoms. The Balaban J connectivity index is 1.69. The van der Waals surface area contributed by atoms with E-state index < -0.39 is 0 Å². The Bertz CT molecular complexity index is 439. The molecule has 0 bridgehead atoms. The number of nitrogens with one attached hydrogen (secondary N) is 2. The van der Waals surface area contributed by atoms with E-state index in [0.29, 0.717) is 5.92 Å². The van der Waals surface area contributed by atoms with Gasteiger partial charge < -0.3 is 10.6 Å². The van der Waals surface area contributed by atoms with Crippen molar-refractivity contribution in [1.29, 1.82) is 0 Å². The lowest BCUT2D eigenvalue weighted by molar-refractivity contribution is 0.613. The van der Waals surface area contributed by atoms with Crippen molar-refractivity contribution in [3.63, 3.8) is 0 Å². The molecule has 0 amide bonds. The third-order valence-electron chi connectivity index (χ3n) is 2.95. The molecule has 3 heterocycles. The van der Waals surface area contributed by atoms with E-state index in [9.17, 15) is 0 Å². The van der Waals surface area contributed by atoms with Crippen LogP contribution in [-0.2, 0) is 0 Å². The number of aromatic nitrogens is 3. The molecule has 1 fully saturated rings. The Morgan fingerprint density at radius 1 is 1.50 bits per heavy atom. The van der Waals surface area contributed by atoms with Gasteiger partial charge in [0, 0.05) is 12.7 Å². The molecule has 3 rings (SSSR count). The van der Waals surface area contributed by atoms with Gasteiger partial charge in [-0.1, -0.05) is 6.07 Å². The molecule has 84 valence electrons. The van der Waals surface area contributed by atoms with Crippen LogP contribution in [0.5, 0.6) is 0 Å². The number of hydrogen-bond acceptors (Lipinski definition) is 4. The zero-order valence-corrected chi connectivity index (χ0v) is 9.06. The second-order valence-corrected chi connectivity index (χ2v) is 4.18. The van der Waals surface area contributed by atoms with Crippen LogP contribution < -0.4 is 10.6 Å². The first-order valence-electron chi connectivity index (χ1n) is 5.68. The minimum atomic E-state index is 0.701. The summed E-state index contributed by atoms with van der Waals surface area (Å²) in [4.78, 5) is 4.39. The summed E-state index contributed by atoms with van der Waals surface area (Å²) in [6.45, 7) is 3.18. The van der Waals surface area contributed by atoms with Crippen molar-refractivity contribution >= 4 is 11.6 Å². The summed E-state index contributed by atoms with van der Waals surface area (Å²) in [5, 5.41) is 11.0. The van der Waals surface area contributed by atoms with Crippen LogP contribution in [0, 0.1) is 5.92 Å². The summed E-state index contributed by atoms with van der Waals surface area (Å²) in [7, 11) is 0. The van der Waals surface area contributed by atoms with Crippen molar-refractivity contribution in [3.05, 3.63) is 24.4 Å². The van der Waals surface area contributed by atoms with E-state index in [1.54, 1.807) is 4.52 Å². The van der Waals surface area contributed by atoms with E-state index in [-0.39, 0.29) is 0 Å². The molecule has 0 saturated carbocycles. The van der Waals surface area contributed by atoms with Crippen LogP contribution in [-0.4, -0.2) is 34.2 Å². The van der Waals surface area contributed by atoms with Gasteiger partial charge in [-0.25, -0.2) is 4.52 Å². The fraction of sp³-hybridized carbons (Fsp3) is 0.455. The average molecular weight is 217 g/mol. The van der Waals surface area contributed by atoms with E-state index in [1.807, 2.05) is 24.4 Å². The van der Waals surface area contributed by atoms with Crippen LogP contribution in [0.1, 0.15) is 6.42 Å². The van der Waals surface area contributed by atoms with Gasteiger partial charge in [0.1, 0.15) is 0 Å². The maximum atomic E-state index is 4.39. The zero-order chi connectivity index (χ0) is 10.8. The number of fused-ring (bicyclic) bond motifs is 1. The number of pyridine rings is 1. The SMILES string of the molecule is c1ccn2nc(NCC3CCNC3)nc2c1. The molecule has 0 aliphatic carbocycles. The first-order valence-corrected chi connectivity index (χ1v) is 5.68. The third-order valence-corrected chi connectivity index (χ3v) is 2.95. The highest BCUT2D eigenvalue weighted by Gasteiger charge is 2.14. The van der Waals surface area contributed by atoms with E-state index in [4.69, 9.17) is 0 Å². The highest BCUT2D eigenvalue weighted by atomic mass is 15.3. The van der Waals surface area contributed by atoms with E-state index >= 15 is 0 Å². The van der Waals surface area contributed by atoms with Gasteiger partial charge in [0.2, 0.25) is 5.95 Å². The van der Waals surface area contributed by atoms with E-state index in [1.165, 1.54) is 6.42 Å². The maximum absolute atomic E-state index is 4.39. The molecule has 1 unspecified atom stereocenters. The molecular formula is C11H15N5. The Hall–Kier alpha value is -1.62. The zero-order valence-electron chi connectivity index (χ0n) is 9.06. The molecule has 1 aliphatic heterocycles. The standard InChI is InChI=1S/C11H15N5/c1-2-6-16-10(3-1)14-11(15-16)13-8-9-4-5-12-7-9/h1-3,6,9,12H,4-5,7-8H2,(H,13,15). The van der Waals surface area contributed by atoms with E-state index in [0.717, 1.165) is 31.2 Å². The van der Waals surface area contributed by atoms with Crippen molar-refractivity contribution in [2.75, 3.05) is 25.0 Å². The van der Waals surface area contributed by atoms with Crippen LogP contribution in [0.25, 0.3) is 5.65 Å². The molecule has 5 nitrogen and oxygen atoms in total. The molecule has 2 aromatic heterocycles. The minimum Gasteiger partial charge on any atom is -0.353 e. The quantitative estimate of drug-likeness (QED) is 0.796. The number of nitrogens with zero attached hydrogens (tertiary/aromatic N) is 3. The summed E-state index contributed by atoms with van der Waals surface area (Å²) < 4.78 is 1.79. The van der Waals surface area contributed by atoms with Crippen molar-refractivity contribution in [2.45, 2.75) is 6.42 Å². The normalized spacial score (nSPS) is 20.4. The second kappa shape index (κ2) is 4.09. The Labute approximate surface area is 93.9 Å². The molecule has 2 aromatic rings. The monoisotopic (exact) mass is 217 g/mol. The Kier molecular flexibility index (Phi) is 2.46. The van der Waals surface area contributed by atoms with Crippen molar-refractivity contribution in [3.8, 4) is 0 Å². The van der Waals surface area contributed by atoms with Crippen molar-refractivity contribution in [1.82, 2.24) is 19.9 Å². The van der Waals surface area contributed by atoms with Gasteiger partial charge in [0.25, 0.3) is 0 Å². The molecule has 1 aliphatic rings. The van der Waals surface area contributed by atoms with Gasteiger partial charge in [-0.05, 0) is 37.6 Å². The Morgan fingerprint density at radius 3 is 3.31 bits per heavy atom. The molecule has 0 aromatic carbocycles. The summed E-state index contributed by atoms with van der Waals surface area (Å²) >= 11 is 0. The van der Waals surface area contributed by atoms with Crippen molar-refractivity contribution in [2.24, 2.45) is 5.92 Å². The second-order valence-electron chi connectivity index (χ2n) is 4.18. The van der Waals surface area contributed by atoms with Crippen LogP contribution in [0.2, 0.25) is 0 Å². The van der Waals surface area contributed by atoms with Crippen LogP contribution >= 0.6 is 0 Å². The van der Waals surface area contributed by atoms with Crippen LogP contribution in [0.3, 0.4) is 0 Å². The number of anilines is 1. The summed E-state index contributed by atoms with van der Waals surface area (Å²) in [6, 6.07) is 5.87. The molecule has 1 saturated heterocycles. The fourth-order valence-corrected chi connectivity index (χ4v) is 2.03. The first-order chi connectivity index (χ1) is 7.92. The summed E-state index contributed by atoms with van der Waals surface area (Å²) in [5.41, 5.74) is 0.884. The predicted molar refractivity (Wildman–Crippen MR) is 62.5 cm³/mol. The molecule has 2 N–H and O–H groups in total. The average Bonchev–Trinajstić information content (AvgIpc) is 2.95. The minimum absolute atomic E-state index is 0.701. The van der Waals surface area contributed by atoms with Crippen LogP contribution in [0.15, 0.2) is 24.4 Å². The van der Waals surface area contributed by atoms with Gasteiger partial charge in [-0.15, -0.1) is 5.10 Å². The lowest BCUT2D eigenvalue weighted by Crippen LogP contribution is -2.17. The summed E-state index contributed by atoms with van der Waals surface area (Å²) in [5.74, 6) is 1.42. The molecule has 1 atom stereocenters. The van der Waals surface area contributed by atoms with Gasteiger partial charge >= 0.3 is 0 Å². The van der Waals surface area contributed by atoms with Gasteiger partial charge in [-0.3, -0.25) is 0 Å². The van der Waals surface area contributed by atoms with E-state index in [2.05, 4.69) is 20.7 Å². The van der Waals surface area contributed by atoms with Gasteiger partial charge in [0.15, 0.2) is 5.65 Å². The smallest absolute Gasteiger partial charge is 0.243 e. The largest absolute Gasteiger partial charge is 0.353 e. The summed E-state index contributed by atoms with van der Waals surface area (Å²) in [6.07, 6.45) is 3.14. The lowest BCUT2D eigenvalue weighted by Gasteiger charge is -2.07. The Morgan fingerprint density at radius 2 is 2.50 bits per heavy atom. The molecule has 16 heavy (non-hydrogen) atoms. The fourth-order valence-electron chi connectivity index (χ4n) is 2.03. The highest BCUT2D eigenvalue weighted by Crippen LogP contribution is 2.09. The van der Waals surface area contributed by atoms with Gasteiger partial charge in [-0.2, -0.15) is 4.98 Å². The van der Waals surface area contributed by atoms with Gasteiger partial charge in [0.05, 0.1) is 0 Å². The maximum Gasteiger partial charge on any atom is 0.243 e. The molecule has 5 heteroatoms. The highest BCUT2D eigenvalue weighted by molar-refractivity contribution is 5.42. The first kappa shape index (κ1) is 9.59. The predicted octanol–water partition coefficient (Wildman–Crippen LogP) is 0.751. The topological polar surface area (TPSA) is 54.2 Å². The molecule has 0 radical (unpaired) electrons. The lowest BCUT2D eigenvalue weighted by atomic mass is 10.1. The van der Waals surface area contributed by atoms with Crippen molar-refractivity contribution < 1.29 is 0 Å². The third kappa shape index (κ3) is 1.86. The number of hydrogen-bond donors (Lipinski definition) is 2. The molecular weight excluding hydrogens is 202 g/mol. The number of rotatable bonds is 3.